The fourth-order valence-corrected chi connectivity index (χ4v) is 6.04. The molecule has 6 nitrogen and oxygen atoms in total. The molecule has 2 rings (SSSR count). The Morgan fingerprint density at radius 3 is 2.47 bits per heavy atom. The molecule has 1 saturated heterocycles. The van der Waals surface area contributed by atoms with Crippen LogP contribution in [-0.2, 0) is 20.8 Å². The molecule has 0 radical (unpaired) electrons. The van der Waals surface area contributed by atoms with Crippen molar-refractivity contribution in [2.75, 3.05) is 24.6 Å². The standard InChI is InChI=1S/C10H13NO5S3/c1-7-6-8(17-9(7)10(12)13)19(15,16)11-2-4-18(14)5-3-11/h6H,2-5H2,1H3,(H,12,13). The molecule has 0 aromatic carbocycles. The number of thiophene rings is 1. The van der Waals surface area contributed by atoms with Crippen LogP contribution in [0.1, 0.15) is 15.2 Å². The van der Waals surface area contributed by atoms with E-state index in [4.69, 9.17) is 5.11 Å². The van der Waals surface area contributed by atoms with Gasteiger partial charge < -0.3 is 5.11 Å². The molecule has 1 N–H and O–H groups in total. The second-order valence-corrected chi connectivity index (χ2v) is 9.05. The Morgan fingerprint density at radius 1 is 1.42 bits per heavy atom. The second kappa shape index (κ2) is 5.31. The van der Waals surface area contributed by atoms with Crippen molar-refractivity contribution in [1.29, 1.82) is 0 Å². The van der Waals surface area contributed by atoms with Gasteiger partial charge in [-0.1, -0.05) is 0 Å². The third-order valence-corrected chi connectivity index (χ3v) is 7.67. The van der Waals surface area contributed by atoms with E-state index in [2.05, 4.69) is 0 Å². The lowest BCUT2D eigenvalue weighted by atomic mass is 10.3. The van der Waals surface area contributed by atoms with Gasteiger partial charge in [-0.05, 0) is 18.6 Å². The first-order valence-corrected chi connectivity index (χ1v) is 9.25. The van der Waals surface area contributed by atoms with Crippen molar-refractivity contribution in [1.82, 2.24) is 4.31 Å². The van der Waals surface area contributed by atoms with Crippen LogP contribution < -0.4 is 0 Å². The number of nitrogens with zero attached hydrogens (tertiary/aromatic N) is 1. The molecule has 0 amide bonds. The predicted molar refractivity (Wildman–Crippen MR) is 72.7 cm³/mol. The number of carboxylic acid groups (broad SMARTS) is 1. The highest BCUT2D eigenvalue weighted by Crippen LogP contribution is 2.29. The van der Waals surface area contributed by atoms with E-state index in [-0.39, 0.29) is 22.2 Å². The Morgan fingerprint density at radius 2 is 2.00 bits per heavy atom. The van der Waals surface area contributed by atoms with Crippen LogP contribution in [0.3, 0.4) is 0 Å². The molecule has 1 fully saturated rings. The minimum Gasteiger partial charge on any atom is -0.477 e. The van der Waals surface area contributed by atoms with E-state index in [1.165, 1.54) is 10.4 Å². The summed E-state index contributed by atoms with van der Waals surface area (Å²) in [6.45, 7) is 2.01. The largest absolute Gasteiger partial charge is 0.477 e. The molecule has 1 aromatic rings. The summed E-state index contributed by atoms with van der Waals surface area (Å²) in [6, 6.07) is 1.38. The van der Waals surface area contributed by atoms with Crippen LogP contribution in [0.25, 0.3) is 0 Å². The van der Waals surface area contributed by atoms with Crippen molar-refractivity contribution < 1.29 is 22.5 Å². The van der Waals surface area contributed by atoms with Crippen LogP contribution in [0.15, 0.2) is 10.3 Å². The number of rotatable bonds is 3. The smallest absolute Gasteiger partial charge is 0.346 e. The zero-order chi connectivity index (χ0) is 14.2. The average molecular weight is 323 g/mol. The molecule has 0 spiro atoms. The van der Waals surface area contributed by atoms with Crippen molar-refractivity contribution in [3.63, 3.8) is 0 Å². The minimum absolute atomic E-state index is 0.0371. The molecule has 0 aliphatic carbocycles. The number of carboxylic acids is 1. The van der Waals surface area contributed by atoms with Gasteiger partial charge in [0.2, 0.25) is 0 Å². The first kappa shape index (κ1) is 14.6. The highest BCUT2D eigenvalue weighted by atomic mass is 32.2. The van der Waals surface area contributed by atoms with Gasteiger partial charge in [0.25, 0.3) is 10.0 Å². The molecule has 0 bridgehead atoms. The quantitative estimate of drug-likeness (QED) is 0.875. The Labute approximate surface area is 117 Å². The molecule has 106 valence electrons. The van der Waals surface area contributed by atoms with Gasteiger partial charge in [0.1, 0.15) is 9.09 Å². The number of hydrogen-bond donors (Lipinski definition) is 1. The third kappa shape index (κ3) is 2.88. The number of aromatic carboxylic acids is 1. The van der Waals surface area contributed by atoms with E-state index in [1.807, 2.05) is 0 Å². The molecule has 1 aliphatic heterocycles. The number of sulfonamides is 1. The Balaban J connectivity index is 2.32. The molecule has 0 saturated carbocycles. The molecule has 0 unspecified atom stereocenters. The summed E-state index contributed by atoms with van der Waals surface area (Å²) in [7, 11) is -4.62. The van der Waals surface area contributed by atoms with Gasteiger partial charge in [0.15, 0.2) is 0 Å². The van der Waals surface area contributed by atoms with Gasteiger partial charge in [-0.15, -0.1) is 11.3 Å². The topological polar surface area (TPSA) is 91.8 Å². The monoisotopic (exact) mass is 323 g/mol. The van der Waals surface area contributed by atoms with Gasteiger partial charge in [-0.3, -0.25) is 4.21 Å². The van der Waals surface area contributed by atoms with E-state index in [0.29, 0.717) is 17.1 Å². The summed E-state index contributed by atoms with van der Waals surface area (Å²) in [4.78, 5) is 11.0. The van der Waals surface area contributed by atoms with E-state index >= 15 is 0 Å². The lowest BCUT2D eigenvalue weighted by Crippen LogP contribution is -2.41. The van der Waals surface area contributed by atoms with Crippen LogP contribution in [0.5, 0.6) is 0 Å². The molecule has 0 atom stereocenters. The lowest BCUT2D eigenvalue weighted by molar-refractivity contribution is 0.0701. The Hall–Kier alpha value is -0.770. The van der Waals surface area contributed by atoms with Crippen LogP contribution in [-0.4, -0.2) is 52.6 Å². The predicted octanol–water partition coefficient (Wildman–Crippen LogP) is 0.508. The van der Waals surface area contributed by atoms with Crippen molar-refractivity contribution in [3.05, 3.63) is 16.5 Å². The Bertz CT molecular complexity index is 624. The maximum Gasteiger partial charge on any atom is 0.346 e. The van der Waals surface area contributed by atoms with Gasteiger partial charge in [0, 0.05) is 35.4 Å². The Kier molecular flexibility index (Phi) is 4.09. The van der Waals surface area contributed by atoms with Crippen molar-refractivity contribution in [3.8, 4) is 0 Å². The average Bonchev–Trinajstić information content (AvgIpc) is 2.72. The van der Waals surface area contributed by atoms with E-state index in [9.17, 15) is 17.4 Å². The normalized spacial score (nSPS) is 18.6. The maximum absolute atomic E-state index is 12.3. The molecular formula is C10H13NO5S3. The van der Waals surface area contributed by atoms with Crippen molar-refractivity contribution in [2.24, 2.45) is 0 Å². The summed E-state index contributed by atoms with van der Waals surface area (Å²) in [6.07, 6.45) is 0. The molecule has 1 aliphatic rings. The number of aryl methyl sites for hydroxylation is 1. The fourth-order valence-electron chi connectivity index (χ4n) is 1.78. The van der Waals surface area contributed by atoms with Gasteiger partial charge in [-0.2, -0.15) is 4.31 Å². The van der Waals surface area contributed by atoms with Crippen LogP contribution in [0.4, 0.5) is 0 Å². The maximum atomic E-state index is 12.3. The summed E-state index contributed by atoms with van der Waals surface area (Å²) in [5.41, 5.74) is 0.441. The van der Waals surface area contributed by atoms with Crippen molar-refractivity contribution in [2.45, 2.75) is 11.1 Å². The summed E-state index contributed by atoms with van der Waals surface area (Å²) >= 11 is 0.764. The molecular weight excluding hydrogens is 310 g/mol. The van der Waals surface area contributed by atoms with Crippen LogP contribution in [0.2, 0.25) is 0 Å². The zero-order valence-electron chi connectivity index (χ0n) is 10.2. The molecule has 2 heterocycles. The van der Waals surface area contributed by atoms with Crippen LogP contribution in [0, 0.1) is 6.92 Å². The SMILES string of the molecule is Cc1cc(S(=O)(=O)N2CCS(=O)CC2)sc1C(=O)O. The van der Waals surface area contributed by atoms with E-state index < -0.39 is 26.8 Å². The zero-order valence-corrected chi connectivity index (χ0v) is 12.6. The summed E-state index contributed by atoms with van der Waals surface area (Å²) in [5.74, 6) is -0.464. The van der Waals surface area contributed by atoms with Crippen LogP contribution >= 0.6 is 11.3 Å². The van der Waals surface area contributed by atoms with Gasteiger partial charge in [0.05, 0.1) is 0 Å². The number of carbonyl (C=O) groups is 1. The van der Waals surface area contributed by atoms with E-state index in [1.54, 1.807) is 6.92 Å². The highest BCUT2D eigenvalue weighted by molar-refractivity contribution is 7.91. The molecule has 9 heteroatoms. The third-order valence-electron chi connectivity index (χ3n) is 2.82. The van der Waals surface area contributed by atoms with Gasteiger partial charge in [-0.25, -0.2) is 13.2 Å². The lowest BCUT2D eigenvalue weighted by Gasteiger charge is -2.24. The molecule has 19 heavy (non-hydrogen) atoms. The fraction of sp³-hybridized carbons (Fsp3) is 0.500. The first-order chi connectivity index (χ1) is 8.82. The second-order valence-electron chi connectivity index (χ2n) is 4.13. The highest BCUT2D eigenvalue weighted by Gasteiger charge is 2.30. The summed E-state index contributed by atoms with van der Waals surface area (Å²) in [5, 5.41) is 8.95. The minimum atomic E-state index is -3.67. The first-order valence-electron chi connectivity index (χ1n) is 5.51. The number of hydrogen-bond acceptors (Lipinski definition) is 5. The molecule has 1 aromatic heterocycles. The summed E-state index contributed by atoms with van der Waals surface area (Å²) < 4.78 is 37.2. The van der Waals surface area contributed by atoms with E-state index in [0.717, 1.165) is 11.3 Å². The van der Waals surface area contributed by atoms with Gasteiger partial charge >= 0.3 is 5.97 Å². The van der Waals surface area contributed by atoms with Crippen molar-refractivity contribution >= 4 is 38.1 Å².